The van der Waals surface area contributed by atoms with Gasteiger partial charge in [0.1, 0.15) is 11.4 Å². The third kappa shape index (κ3) is 3.26. The van der Waals surface area contributed by atoms with Crippen LogP contribution in [0.1, 0.15) is 46.9 Å². The van der Waals surface area contributed by atoms with Crippen LogP contribution in [0.5, 0.6) is 0 Å². The quantitative estimate of drug-likeness (QED) is 0.672. The Morgan fingerprint density at radius 1 is 1.17 bits per heavy atom. The second kappa shape index (κ2) is 6.99. The van der Waals surface area contributed by atoms with Crippen LogP contribution in [-0.2, 0) is 17.8 Å². The molecule has 1 atom stereocenters. The number of likely N-dealkylation sites (tertiary alicyclic amines) is 1. The Labute approximate surface area is 168 Å². The zero-order chi connectivity index (χ0) is 20.0. The van der Waals surface area contributed by atoms with Crippen molar-refractivity contribution in [1.29, 1.82) is 0 Å². The highest BCUT2D eigenvalue weighted by molar-refractivity contribution is 5.96. The fourth-order valence-corrected chi connectivity index (χ4v) is 4.20. The molecular formula is C22H22N4O3. The maximum atomic E-state index is 12.9. The van der Waals surface area contributed by atoms with Crippen LogP contribution in [-0.4, -0.2) is 51.2 Å². The van der Waals surface area contributed by atoms with Crippen molar-refractivity contribution >= 4 is 22.8 Å². The number of carbonyl (C=O) groups excluding carboxylic acids is 2. The molecule has 1 saturated heterocycles. The van der Waals surface area contributed by atoms with Crippen molar-refractivity contribution in [1.82, 2.24) is 19.8 Å². The maximum absolute atomic E-state index is 12.9. The van der Waals surface area contributed by atoms with Gasteiger partial charge in [0, 0.05) is 62.6 Å². The van der Waals surface area contributed by atoms with E-state index in [4.69, 9.17) is 9.40 Å². The van der Waals surface area contributed by atoms with Crippen LogP contribution in [0.25, 0.3) is 11.0 Å². The largest absolute Gasteiger partial charge is 0.451 e. The first-order valence-electron chi connectivity index (χ1n) is 9.96. The molecule has 0 bridgehead atoms. The summed E-state index contributed by atoms with van der Waals surface area (Å²) in [5.74, 6) is 1.29. The molecule has 0 N–H and O–H groups in total. The van der Waals surface area contributed by atoms with Gasteiger partial charge in [0.15, 0.2) is 5.76 Å². The molecule has 7 heteroatoms. The molecule has 7 nitrogen and oxygen atoms in total. The molecule has 0 radical (unpaired) electrons. The number of hydrogen-bond acceptors (Lipinski definition) is 5. The van der Waals surface area contributed by atoms with Crippen molar-refractivity contribution in [2.75, 3.05) is 19.6 Å². The summed E-state index contributed by atoms with van der Waals surface area (Å²) in [7, 11) is 0. The lowest BCUT2D eigenvalue weighted by Gasteiger charge is -2.27. The third-order valence-electron chi connectivity index (χ3n) is 5.87. The standard InChI is InChI=1S/C22H22N4O3/c1-14(27)25-9-7-18-17(13-25)11-23-21(24-18)16-6-8-26(12-16)22(28)20-10-15-4-2-3-5-19(15)29-20/h2-5,10-11,16H,6-9,12-13H2,1H3/t16-/m1/s1. The third-order valence-corrected chi connectivity index (χ3v) is 5.87. The second-order valence-electron chi connectivity index (χ2n) is 7.78. The lowest BCUT2D eigenvalue weighted by molar-refractivity contribution is -0.129. The molecular weight excluding hydrogens is 368 g/mol. The van der Waals surface area contributed by atoms with Crippen molar-refractivity contribution in [3.63, 3.8) is 0 Å². The van der Waals surface area contributed by atoms with Crippen LogP contribution < -0.4 is 0 Å². The van der Waals surface area contributed by atoms with Crippen molar-refractivity contribution in [3.05, 3.63) is 59.4 Å². The Morgan fingerprint density at radius 2 is 2.03 bits per heavy atom. The minimum absolute atomic E-state index is 0.0789. The van der Waals surface area contributed by atoms with Crippen LogP contribution in [0.4, 0.5) is 0 Å². The van der Waals surface area contributed by atoms with Crippen LogP contribution in [0.2, 0.25) is 0 Å². The van der Waals surface area contributed by atoms with E-state index >= 15 is 0 Å². The van der Waals surface area contributed by atoms with E-state index in [0.29, 0.717) is 31.9 Å². The van der Waals surface area contributed by atoms with Crippen LogP contribution in [0.15, 0.2) is 40.9 Å². The van der Waals surface area contributed by atoms with Crippen LogP contribution in [0.3, 0.4) is 0 Å². The Hall–Kier alpha value is -3.22. The fourth-order valence-electron chi connectivity index (χ4n) is 4.20. The molecule has 3 aromatic rings. The summed E-state index contributed by atoms with van der Waals surface area (Å²) in [5, 5.41) is 0.934. The van der Waals surface area contributed by atoms with Crippen molar-refractivity contribution < 1.29 is 14.0 Å². The first-order chi connectivity index (χ1) is 14.1. The SMILES string of the molecule is CC(=O)N1CCc2nc([C@@H]3CCN(C(=O)c4cc5ccccc5o4)C3)ncc2C1. The highest BCUT2D eigenvalue weighted by Crippen LogP contribution is 2.29. The Kier molecular flexibility index (Phi) is 4.30. The van der Waals surface area contributed by atoms with E-state index < -0.39 is 0 Å². The van der Waals surface area contributed by atoms with E-state index in [2.05, 4.69) is 4.98 Å². The molecule has 2 aliphatic rings. The van der Waals surface area contributed by atoms with Crippen LogP contribution in [0, 0.1) is 0 Å². The number of aromatic nitrogens is 2. The number of nitrogens with zero attached hydrogens (tertiary/aromatic N) is 4. The van der Waals surface area contributed by atoms with Gasteiger partial charge in [0.05, 0.1) is 5.69 Å². The molecule has 5 rings (SSSR count). The molecule has 0 spiro atoms. The van der Waals surface area contributed by atoms with E-state index in [1.165, 1.54) is 0 Å². The number of fused-ring (bicyclic) bond motifs is 2. The summed E-state index contributed by atoms with van der Waals surface area (Å²) in [6, 6.07) is 9.45. The highest BCUT2D eigenvalue weighted by Gasteiger charge is 2.32. The number of hydrogen-bond donors (Lipinski definition) is 0. The molecule has 0 aliphatic carbocycles. The number of rotatable bonds is 2. The number of furan rings is 1. The molecule has 1 aromatic carbocycles. The van der Waals surface area contributed by atoms with Crippen molar-refractivity contribution in [3.8, 4) is 0 Å². The molecule has 4 heterocycles. The summed E-state index contributed by atoms with van der Waals surface area (Å²) in [4.78, 5) is 37.5. The topological polar surface area (TPSA) is 79.5 Å². The van der Waals surface area contributed by atoms with Gasteiger partial charge in [-0.1, -0.05) is 18.2 Å². The molecule has 0 saturated carbocycles. The monoisotopic (exact) mass is 390 g/mol. The lowest BCUT2D eigenvalue weighted by Crippen LogP contribution is -2.35. The summed E-state index contributed by atoms with van der Waals surface area (Å²) in [6.45, 7) is 4.12. The van der Waals surface area contributed by atoms with Gasteiger partial charge in [0.25, 0.3) is 5.91 Å². The van der Waals surface area contributed by atoms with Gasteiger partial charge in [-0.05, 0) is 18.6 Å². The smallest absolute Gasteiger partial charge is 0.289 e. The summed E-state index contributed by atoms with van der Waals surface area (Å²) < 4.78 is 5.73. The Bertz CT molecular complexity index is 1070. The van der Waals surface area contributed by atoms with Gasteiger partial charge in [-0.25, -0.2) is 9.97 Å². The zero-order valence-electron chi connectivity index (χ0n) is 16.3. The molecule has 29 heavy (non-hydrogen) atoms. The van der Waals surface area contributed by atoms with Gasteiger partial charge in [-0.3, -0.25) is 9.59 Å². The minimum atomic E-state index is -0.0845. The average Bonchev–Trinajstić information content (AvgIpc) is 3.39. The molecule has 0 unspecified atom stereocenters. The molecule has 1 fully saturated rings. The fraction of sp³-hybridized carbons (Fsp3) is 0.364. The predicted molar refractivity (Wildman–Crippen MR) is 106 cm³/mol. The van der Waals surface area contributed by atoms with Gasteiger partial charge in [-0.15, -0.1) is 0 Å². The number of para-hydroxylation sites is 1. The zero-order valence-corrected chi connectivity index (χ0v) is 16.3. The number of carbonyl (C=O) groups is 2. The van der Waals surface area contributed by atoms with Gasteiger partial charge >= 0.3 is 0 Å². The van der Waals surface area contributed by atoms with Crippen molar-refractivity contribution in [2.45, 2.75) is 32.2 Å². The van der Waals surface area contributed by atoms with E-state index in [0.717, 1.165) is 40.9 Å². The molecule has 2 aromatic heterocycles. The van der Waals surface area contributed by atoms with Crippen molar-refractivity contribution in [2.24, 2.45) is 0 Å². The lowest BCUT2D eigenvalue weighted by atomic mass is 10.0. The number of amides is 2. The Morgan fingerprint density at radius 3 is 2.86 bits per heavy atom. The first kappa shape index (κ1) is 17.8. The second-order valence-corrected chi connectivity index (χ2v) is 7.78. The first-order valence-corrected chi connectivity index (χ1v) is 9.96. The summed E-state index contributed by atoms with van der Waals surface area (Å²) in [5.41, 5.74) is 2.77. The molecule has 2 amide bonds. The summed E-state index contributed by atoms with van der Waals surface area (Å²) in [6.07, 6.45) is 3.43. The van der Waals surface area contributed by atoms with E-state index in [1.807, 2.05) is 40.3 Å². The predicted octanol–water partition coefficient (Wildman–Crippen LogP) is 2.76. The van der Waals surface area contributed by atoms with E-state index in [1.54, 1.807) is 13.0 Å². The van der Waals surface area contributed by atoms with Gasteiger partial charge in [0.2, 0.25) is 5.91 Å². The molecule has 148 valence electrons. The Balaban J connectivity index is 1.30. The van der Waals surface area contributed by atoms with E-state index in [-0.39, 0.29) is 17.7 Å². The normalized spacial score (nSPS) is 18.9. The number of benzene rings is 1. The van der Waals surface area contributed by atoms with Gasteiger partial charge < -0.3 is 14.2 Å². The van der Waals surface area contributed by atoms with Gasteiger partial charge in [-0.2, -0.15) is 0 Å². The summed E-state index contributed by atoms with van der Waals surface area (Å²) >= 11 is 0. The average molecular weight is 390 g/mol. The minimum Gasteiger partial charge on any atom is -0.451 e. The van der Waals surface area contributed by atoms with E-state index in [9.17, 15) is 9.59 Å². The van der Waals surface area contributed by atoms with Crippen LogP contribution >= 0.6 is 0 Å². The molecule has 2 aliphatic heterocycles. The highest BCUT2D eigenvalue weighted by atomic mass is 16.3. The maximum Gasteiger partial charge on any atom is 0.289 e.